The minimum Gasteiger partial charge on any atom is -0.497 e. The highest BCUT2D eigenvalue weighted by Gasteiger charge is 2.32. The molecular weight excluding hydrogens is 342 g/mol. The maximum absolute atomic E-state index is 13.0. The van der Waals surface area contributed by atoms with Crippen molar-refractivity contribution in [3.63, 3.8) is 0 Å². The van der Waals surface area contributed by atoms with E-state index in [1.807, 2.05) is 47.4 Å². The lowest BCUT2D eigenvalue weighted by molar-refractivity contribution is -0.132. The summed E-state index contributed by atoms with van der Waals surface area (Å²) in [7, 11) is 4.97. The molecule has 1 aliphatic rings. The summed E-state index contributed by atoms with van der Waals surface area (Å²) in [5, 5.41) is 0. The fraction of sp³-hybridized carbons (Fsp3) is 0.409. The van der Waals surface area contributed by atoms with Crippen LogP contribution in [0.2, 0.25) is 0 Å². The van der Waals surface area contributed by atoms with Crippen LogP contribution in [-0.4, -0.2) is 38.7 Å². The van der Waals surface area contributed by atoms with Gasteiger partial charge in [0.2, 0.25) is 5.91 Å². The monoisotopic (exact) mass is 369 g/mol. The SMILES string of the molecule is COc1ccc(OC)c(C2CCCN2C(=O)CCc2ccccc2OC)c1. The highest BCUT2D eigenvalue weighted by molar-refractivity contribution is 5.77. The Hall–Kier alpha value is -2.69. The standard InChI is InChI=1S/C22H27NO4/c1-25-17-11-12-21(27-3)18(15-17)19-8-6-14-23(19)22(24)13-10-16-7-4-5-9-20(16)26-2/h4-5,7,9,11-12,15,19H,6,8,10,13-14H2,1-3H3. The van der Waals surface area contributed by atoms with Gasteiger partial charge in [-0.05, 0) is 49.1 Å². The van der Waals surface area contributed by atoms with Crippen molar-refractivity contribution in [3.8, 4) is 17.2 Å². The number of rotatable bonds is 7. The number of carbonyl (C=O) groups is 1. The fourth-order valence-electron chi connectivity index (χ4n) is 3.78. The van der Waals surface area contributed by atoms with Crippen molar-refractivity contribution < 1.29 is 19.0 Å². The average molecular weight is 369 g/mol. The van der Waals surface area contributed by atoms with Gasteiger partial charge < -0.3 is 19.1 Å². The van der Waals surface area contributed by atoms with Crippen molar-refractivity contribution in [2.24, 2.45) is 0 Å². The van der Waals surface area contributed by atoms with Crippen LogP contribution in [0.3, 0.4) is 0 Å². The van der Waals surface area contributed by atoms with E-state index in [0.717, 1.165) is 47.8 Å². The lowest BCUT2D eigenvalue weighted by Crippen LogP contribution is -2.31. The minimum atomic E-state index is 0.0280. The molecule has 1 amide bonds. The summed E-state index contributed by atoms with van der Waals surface area (Å²) in [6.07, 6.45) is 3.06. The summed E-state index contributed by atoms with van der Waals surface area (Å²) in [5.74, 6) is 2.57. The zero-order chi connectivity index (χ0) is 19.2. The molecule has 0 N–H and O–H groups in total. The van der Waals surface area contributed by atoms with Gasteiger partial charge in [-0.3, -0.25) is 4.79 Å². The second kappa shape index (κ2) is 8.80. The summed E-state index contributed by atoms with van der Waals surface area (Å²) in [4.78, 5) is 14.9. The molecule has 27 heavy (non-hydrogen) atoms. The van der Waals surface area contributed by atoms with Crippen molar-refractivity contribution in [3.05, 3.63) is 53.6 Å². The smallest absolute Gasteiger partial charge is 0.223 e. The first-order valence-corrected chi connectivity index (χ1v) is 9.31. The Bertz CT molecular complexity index is 790. The first-order chi connectivity index (χ1) is 13.2. The molecule has 2 aromatic carbocycles. The van der Waals surface area contributed by atoms with E-state index in [2.05, 4.69) is 0 Å². The molecule has 0 spiro atoms. The van der Waals surface area contributed by atoms with Gasteiger partial charge in [0.05, 0.1) is 27.4 Å². The molecule has 1 fully saturated rings. The van der Waals surface area contributed by atoms with Crippen LogP contribution in [0, 0.1) is 0 Å². The molecule has 3 rings (SSSR count). The number of likely N-dealkylation sites (tertiary alicyclic amines) is 1. The summed E-state index contributed by atoms with van der Waals surface area (Å²) in [6, 6.07) is 13.7. The van der Waals surface area contributed by atoms with Crippen LogP contribution in [-0.2, 0) is 11.2 Å². The number of benzene rings is 2. The zero-order valence-corrected chi connectivity index (χ0v) is 16.2. The van der Waals surface area contributed by atoms with Crippen LogP contribution in [0.5, 0.6) is 17.2 Å². The Morgan fingerprint density at radius 1 is 1.04 bits per heavy atom. The van der Waals surface area contributed by atoms with Crippen molar-refractivity contribution >= 4 is 5.91 Å². The highest BCUT2D eigenvalue weighted by Crippen LogP contribution is 2.39. The number of hydrogen-bond acceptors (Lipinski definition) is 4. The summed E-state index contributed by atoms with van der Waals surface area (Å²) < 4.78 is 16.3. The molecule has 1 atom stereocenters. The van der Waals surface area contributed by atoms with Gasteiger partial charge in [0, 0.05) is 18.5 Å². The summed E-state index contributed by atoms with van der Waals surface area (Å²) in [6.45, 7) is 0.774. The minimum absolute atomic E-state index is 0.0280. The third-order valence-corrected chi connectivity index (χ3v) is 5.17. The molecule has 0 saturated carbocycles. The number of methoxy groups -OCH3 is 3. The molecule has 5 nitrogen and oxygen atoms in total. The van der Waals surface area contributed by atoms with Gasteiger partial charge in [-0.1, -0.05) is 18.2 Å². The predicted molar refractivity (Wildman–Crippen MR) is 105 cm³/mol. The van der Waals surface area contributed by atoms with Crippen LogP contribution in [0.15, 0.2) is 42.5 Å². The fourth-order valence-corrected chi connectivity index (χ4v) is 3.78. The molecule has 0 aromatic heterocycles. The summed E-state index contributed by atoms with van der Waals surface area (Å²) in [5.41, 5.74) is 2.07. The summed E-state index contributed by atoms with van der Waals surface area (Å²) >= 11 is 0. The number of aryl methyl sites for hydroxylation is 1. The number of para-hydroxylation sites is 1. The molecule has 144 valence electrons. The molecule has 5 heteroatoms. The molecule has 1 unspecified atom stereocenters. The number of ether oxygens (including phenoxy) is 3. The van der Waals surface area contributed by atoms with Gasteiger partial charge in [-0.25, -0.2) is 0 Å². The predicted octanol–water partition coefficient (Wildman–Crippen LogP) is 4.01. The van der Waals surface area contributed by atoms with E-state index in [-0.39, 0.29) is 11.9 Å². The Balaban J connectivity index is 1.75. The topological polar surface area (TPSA) is 48.0 Å². The molecule has 0 aliphatic carbocycles. The van der Waals surface area contributed by atoms with E-state index in [9.17, 15) is 4.79 Å². The van der Waals surface area contributed by atoms with Crippen molar-refractivity contribution in [1.82, 2.24) is 4.90 Å². The number of amides is 1. The lowest BCUT2D eigenvalue weighted by atomic mass is 10.0. The third kappa shape index (κ3) is 4.18. The second-order valence-corrected chi connectivity index (χ2v) is 6.66. The van der Waals surface area contributed by atoms with E-state index in [1.54, 1.807) is 21.3 Å². The second-order valence-electron chi connectivity index (χ2n) is 6.66. The highest BCUT2D eigenvalue weighted by atomic mass is 16.5. The first-order valence-electron chi connectivity index (χ1n) is 9.31. The number of carbonyl (C=O) groups excluding carboxylic acids is 1. The van der Waals surface area contributed by atoms with Crippen molar-refractivity contribution in [1.29, 1.82) is 0 Å². The number of hydrogen-bond donors (Lipinski definition) is 0. The Morgan fingerprint density at radius 2 is 1.81 bits per heavy atom. The van der Waals surface area contributed by atoms with Crippen LogP contribution in [0.1, 0.15) is 36.4 Å². The van der Waals surface area contributed by atoms with Crippen molar-refractivity contribution in [2.75, 3.05) is 27.9 Å². The lowest BCUT2D eigenvalue weighted by Gasteiger charge is -2.27. The zero-order valence-electron chi connectivity index (χ0n) is 16.2. The van der Waals surface area contributed by atoms with Gasteiger partial charge in [0.15, 0.2) is 0 Å². The molecular formula is C22H27NO4. The normalized spacial score (nSPS) is 16.3. The van der Waals surface area contributed by atoms with Gasteiger partial charge in [-0.2, -0.15) is 0 Å². The largest absolute Gasteiger partial charge is 0.497 e. The quantitative estimate of drug-likeness (QED) is 0.740. The average Bonchev–Trinajstić information content (AvgIpc) is 3.21. The first kappa shape index (κ1) is 19.1. The molecule has 1 heterocycles. The van der Waals surface area contributed by atoms with Gasteiger partial charge in [0.1, 0.15) is 17.2 Å². The Kier molecular flexibility index (Phi) is 6.22. The van der Waals surface area contributed by atoms with E-state index >= 15 is 0 Å². The maximum atomic E-state index is 13.0. The van der Waals surface area contributed by atoms with Crippen molar-refractivity contribution in [2.45, 2.75) is 31.7 Å². The van der Waals surface area contributed by atoms with Gasteiger partial charge in [0.25, 0.3) is 0 Å². The van der Waals surface area contributed by atoms with E-state index in [1.165, 1.54) is 0 Å². The molecule has 0 bridgehead atoms. The molecule has 1 saturated heterocycles. The Morgan fingerprint density at radius 3 is 2.56 bits per heavy atom. The van der Waals surface area contributed by atoms with E-state index in [4.69, 9.17) is 14.2 Å². The number of nitrogens with zero attached hydrogens (tertiary/aromatic N) is 1. The van der Waals surface area contributed by atoms with Gasteiger partial charge in [-0.15, -0.1) is 0 Å². The molecule has 2 aromatic rings. The van der Waals surface area contributed by atoms with E-state index in [0.29, 0.717) is 12.8 Å². The van der Waals surface area contributed by atoms with Crippen LogP contribution >= 0.6 is 0 Å². The van der Waals surface area contributed by atoms with Crippen LogP contribution in [0.25, 0.3) is 0 Å². The van der Waals surface area contributed by atoms with Crippen LogP contribution < -0.4 is 14.2 Å². The van der Waals surface area contributed by atoms with Gasteiger partial charge >= 0.3 is 0 Å². The third-order valence-electron chi connectivity index (χ3n) is 5.17. The Labute approximate surface area is 160 Å². The van der Waals surface area contributed by atoms with Crippen LogP contribution in [0.4, 0.5) is 0 Å². The van der Waals surface area contributed by atoms with E-state index < -0.39 is 0 Å². The maximum Gasteiger partial charge on any atom is 0.223 e. The molecule has 1 aliphatic heterocycles. The molecule has 0 radical (unpaired) electrons.